The minimum Gasteiger partial charge on any atom is -0.461 e. The number of halogens is 5. The third kappa shape index (κ3) is 6.13. The van der Waals surface area contributed by atoms with Gasteiger partial charge in [0.05, 0.1) is 24.8 Å². The fourth-order valence-corrected chi connectivity index (χ4v) is 4.40. The monoisotopic (exact) mass is 556 g/mol. The quantitative estimate of drug-likeness (QED) is 0.339. The first kappa shape index (κ1) is 26.7. The number of pyridine rings is 1. The smallest absolute Gasteiger partial charge is 0.433 e. The molecule has 2 aromatic heterocycles. The first-order valence-corrected chi connectivity index (χ1v) is 11.8. The topological polar surface area (TPSA) is 102 Å². The van der Waals surface area contributed by atoms with Crippen molar-refractivity contribution in [3.05, 3.63) is 69.5 Å². The van der Waals surface area contributed by atoms with Gasteiger partial charge in [0.1, 0.15) is 17.6 Å². The number of anilines is 1. The number of carbonyl (C=O) groups is 2. The molecule has 0 bridgehead atoms. The predicted molar refractivity (Wildman–Crippen MR) is 128 cm³/mol. The van der Waals surface area contributed by atoms with Crippen LogP contribution in [0.15, 0.2) is 36.4 Å². The third-order valence-corrected chi connectivity index (χ3v) is 6.29. The Bertz CT molecular complexity index is 1320. The number of rotatable bonds is 5. The Morgan fingerprint density at radius 1 is 1.14 bits per heavy atom. The van der Waals surface area contributed by atoms with Crippen LogP contribution in [0, 0.1) is 6.92 Å². The highest BCUT2D eigenvalue weighted by molar-refractivity contribution is 6.32. The van der Waals surface area contributed by atoms with E-state index < -0.39 is 41.2 Å². The van der Waals surface area contributed by atoms with Gasteiger partial charge in [0.25, 0.3) is 0 Å². The molecule has 1 saturated heterocycles. The molecular formula is C23H21Cl2F3N6O3. The summed E-state index contributed by atoms with van der Waals surface area (Å²) in [4.78, 5) is 29.6. The van der Waals surface area contributed by atoms with Gasteiger partial charge in [0.2, 0.25) is 0 Å². The standard InChI is InChI=1S/C23H21Cl2F3N6O3/c1-12-31-32-21(33(12)10-14-3-5-15(24)6-4-14)18-9-16(37-13(2)35)11-34(18)22(36)29-17-7-8-19(23(26,27)28)30-20(17)25/h3-8,16,18H,9-11H2,1-2H3,(H,29,36). The van der Waals surface area contributed by atoms with Gasteiger partial charge in [-0.2, -0.15) is 13.2 Å². The molecule has 14 heteroatoms. The third-order valence-electron chi connectivity index (χ3n) is 5.75. The molecule has 0 radical (unpaired) electrons. The lowest BCUT2D eigenvalue weighted by molar-refractivity contribution is -0.145. The fourth-order valence-electron chi connectivity index (χ4n) is 4.07. The summed E-state index contributed by atoms with van der Waals surface area (Å²) in [6.45, 7) is 3.44. The van der Waals surface area contributed by atoms with Crippen LogP contribution in [0.1, 0.15) is 42.3 Å². The maximum absolute atomic E-state index is 13.3. The first-order chi connectivity index (χ1) is 17.4. The van der Waals surface area contributed by atoms with Gasteiger partial charge in [-0.05, 0) is 36.8 Å². The number of hydrogen-bond donors (Lipinski definition) is 1. The second-order valence-corrected chi connectivity index (χ2v) is 9.21. The van der Waals surface area contributed by atoms with Gasteiger partial charge in [-0.25, -0.2) is 9.78 Å². The fraction of sp³-hybridized carbons (Fsp3) is 0.348. The summed E-state index contributed by atoms with van der Waals surface area (Å²) in [5.74, 6) is 0.532. The molecule has 0 spiro atoms. The normalized spacial score (nSPS) is 17.6. The number of hydrogen-bond acceptors (Lipinski definition) is 6. The van der Waals surface area contributed by atoms with E-state index in [1.54, 1.807) is 19.1 Å². The van der Waals surface area contributed by atoms with Crippen molar-refractivity contribution in [2.45, 2.75) is 45.1 Å². The lowest BCUT2D eigenvalue weighted by atomic mass is 10.1. The Labute approximate surface area is 219 Å². The summed E-state index contributed by atoms with van der Waals surface area (Å²) in [5.41, 5.74) is -0.370. The number of nitrogens with zero attached hydrogens (tertiary/aromatic N) is 5. The first-order valence-electron chi connectivity index (χ1n) is 11.0. The average Bonchev–Trinajstić information content (AvgIpc) is 3.38. The van der Waals surface area contributed by atoms with Crippen LogP contribution in [0.5, 0.6) is 0 Å². The van der Waals surface area contributed by atoms with Gasteiger partial charge < -0.3 is 19.5 Å². The number of benzene rings is 1. The van der Waals surface area contributed by atoms with E-state index in [9.17, 15) is 22.8 Å². The number of ether oxygens (including phenoxy) is 1. The van der Waals surface area contributed by atoms with E-state index >= 15 is 0 Å². The van der Waals surface area contributed by atoms with Crippen LogP contribution in [0.3, 0.4) is 0 Å². The van der Waals surface area contributed by atoms with Crippen molar-refractivity contribution < 1.29 is 27.5 Å². The van der Waals surface area contributed by atoms with Crippen LogP contribution in [0.4, 0.5) is 23.7 Å². The van der Waals surface area contributed by atoms with Crippen LogP contribution in [0.25, 0.3) is 0 Å². The molecule has 0 aliphatic carbocycles. The Morgan fingerprint density at radius 3 is 2.46 bits per heavy atom. The molecule has 1 aliphatic rings. The van der Waals surface area contributed by atoms with Crippen molar-refractivity contribution in [3.63, 3.8) is 0 Å². The molecule has 1 fully saturated rings. The molecule has 9 nitrogen and oxygen atoms in total. The van der Waals surface area contributed by atoms with Gasteiger partial charge in [0, 0.05) is 18.4 Å². The van der Waals surface area contributed by atoms with Gasteiger partial charge in [-0.3, -0.25) is 4.79 Å². The molecule has 3 aromatic rings. The number of aromatic nitrogens is 4. The second kappa shape index (κ2) is 10.5. The van der Waals surface area contributed by atoms with Gasteiger partial charge in [-0.1, -0.05) is 35.3 Å². The van der Waals surface area contributed by atoms with Crippen molar-refractivity contribution in [2.75, 3.05) is 11.9 Å². The highest BCUT2D eigenvalue weighted by Crippen LogP contribution is 2.35. The molecule has 1 aromatic carbocycles. The van der Waals surface area contributed by atoms with Crippen molar-refractivity contribution >= 4 is 40.9 Å². The van der Waals surface area contributed by atoms with E-state index in [4.69, 9.17) is 27.9 Å². The van der Waals surface area contributed by atoms with Crippen molar-refractivity contribution in [3.8, 4) is 0 Å². The zero-order valence-corrected chi connectivity index (χ0v) is 21.1. The molecule has 2 unspecified atom stereocenters. The van der Waals surface area contributed by atoms with Crippen molar-refractivity contribution in [1.29, 1.82) is 0 Å². The molecule has 37 heavy (non-hydrogen) atoms. The Balaban J connectivity index is 1.62. The van der Waals surface area contributed by atoms with Crippen LogP contribution >= 0.6 is 23.2 Å². The zero-order valence-electron chi connectivity index (χ0n) is 19.6. The van der Waals surface area contributed by atoms with Crippen LogP contribution in [0.2, 0.25) is 10.2 Å². The maximum atomic E-state index is 13.3. The summed E-state index contributed by atoms with van der Waals surface area (Å²) in [5, 5.41) is 11.0. The number of nitrogens with one attached hydrogen (secondary N) is 1. The maximum Gasteiger partial charge on any atom is 0.433 e. The molecule has 196 valence electrons. The van der Waals surface area contributed by atoms with E-state index in [2.05, 4.69) is 20.5 Å². The van der Waals surface area contributed by atoms with Crippen molar-refractivity contribution in [2.24, 2.45) is 0 Å². The average molecular weight is 557 g/mol. The molecule has 4 rings (SSSR count). The van der Waals surface area contributed by atoms with E-state index in [-0.39, 0.29) is 18.7 Å². The van der Waals surface area contributed by atoms with Crippen LogP contribution < -0.4 is 5.32 Å². The lowest BCUT2D eigenvalue weighted by Gasteiger charge is -2.25. The number of urea groups is 1. The molecular weight excluding hydrogens is 536 g/mol. The molecule has 3 heterocycles. The minimum atomic E-state index is -4.69. The Kier molecular flexibility index (Phi) is 7.60. The highest BCUT2D eigenvalue weighted by atomic mass is 35.5. The number of alkyl halides is 3. The largest absolute Gasteiger partial charge is 0.461 e. The van der Waals surface area contributed by atoms with E-state index in [1.165, 1.54) is 11.8 Å². The molecule has 0 saturated carbocycles. The summed E-state index contributed by atoms with van der Waals surface area (Å²) in [7, 11) is 0. The summed E-state index contributed by atoms with van der Waals surface area (Å²) in [6.07, 6.45) is -5.07. The number of amides is 2. The van der Waals surface area contributed by atoms with Gasteiger partial charge >= 0.3 is 18.2 Å². The van der Waals surface area contributed by atoms with Crippen LogP contribution in [-0.4, -0.2) is 49.3 Å². The molecule has 1 aliphatic heterocycles. The Morgan fingerprint density at radius 2 is 1.84 bits per heavy atom. The lowest BCUT2D eigenvalue weighted by Crippen LogP contribution is -2.37. The summed E-state index contributed by atoms with van der Waals surface area (Å²) in [6, 6.07) is 7.63. The van der Waals surface area contributed by atoms with Crippen LogP contribution in [-0.2, 0) is 22.3 Å². The van der Waals surface area contributed by atoms with E-state index in [0.29, 0.717) is 23.2 Å². The van der Waals surface area contributed by atoms with E-state index in [1.807, 2.05) is 16.7 Å². The second-order valence-electron chi connectivity index (χ2n) is 8.42. The van der Waals surface area contributed by atoms with Crippen molar-refractivity contribution in [1.82, 2.24) is 24.6 Å². The zero-order chi connectivity index (χ0) is 26.9. The summed E-state index contributed by atoms with van der Waals surface area (Å²) >= 11 is 11.9. The number of aryl methyl sites for hydroxylation is 1. The molecule has 1 N–H and O–H groups in total. The van der Waals surface area contributed by atoms with Gasteiger partial charge in [-0.15, -0.1) is 10.2 Å². The summed E-state index contributed by atoms with van der Waals surface area (Å²) < 4.78 is 46.0. The minimum absolute atomic E-state index is 0.0224. The predicted octanol–water partition coefficient (Wildman–Crippen LogP) is 5.27. The molecule has 2 amide bonds. The highest BCUT2D eigenvalue weighted by Gasteiger charge is 2.41. The van der Waals surface area contributed by atoms with E-state index in [0.717, 1.165) is 17.7 Å². The number of esters is 1. The number of carbonyl (C=O) groups excluding carboxylic acids is 2. The number of likely N-dealkylation sites (tertiary alicyclic amines) is 1. The Hall–Kier alpha value is -3.38. The SMILES string of the molecule is CC(=O)OC1CC(c2nnc(C)n2Cc2ccc(Cl)cc2)N(C(=O)Nc2ccc(C(F)(F)F)nc2Cl)C1. The molecule has 2 atom stereocenters. The van der Waals surface area contributed by atoms with Gasteiger partial charge in [0.15, 0.2) is 11.0 Å².